The normalized spacial score (nSPS) is 32.4. The maximum absolute atomic E-state index is 13.3. The number of benzene rings is 1. The number of allylic oxidation sites excluding steroid dienone is 1. The Hall–Kier alpha value is -2.10. The summed E-state index contributed by atoms with van der Waals surface area (Å²) in [5, 5.41) is 0. The van der Waals surface area contributed by atoms with Gasteiger partial charge in [0.1, 0.15) is 0 Å². The number of likely N-dealkylation sites (tertiary alicyclic amines) is 1. The van der Waals surface area contributed by atoms with Crippen molar-refractivity contribution in [3.63, 3.8) is 0 Å². The van der Waals surface area contributed by atoms with E-state index in [0.29, 0.717) is 18.7 Å². The minimum absolute atomic E-state index is 0.00418. The number of hydrogen-bond acceptors (Lipinski definition) is 3. The van der Waals surface area contributed by atoms with Crippen molar-refractivity contribution >= 4 is 11.9 Å². The van der Waals surface area contributed by atoms with Crippen LogP contribution >= 0.6 is 0 Å². The van der Waals surface area contributed by atoms with Gasteiger partial charge in [-0.1, -0.05) is 51.1 Å². The van der Waals surface area contributed by atoms with Gasteiger partial charge in [-0.3, -0.25) is 9.59 Å². The lowest BCUT2D eigenvalue weighted by atomic mass is 9.58. The van der Waals surface area contributed by atoms with Crippen molar-refractivity contribution in [2.24, 2.45) is 29.1 Å². The number of hydrogen-bond donors (Lipinski definition) is 0. The number of ether oxygens (including phenoxy) is 1. The number of rotatable bonds is 4. The molecule has 1 aromatic carbocycles. The van der Waals surface area contributed by atoms with E-state index in [2.05, 4.69) is 32.9 Å². The molecule has 2 aliphatic rings. The van der Waals surface area contributed by atoms with E-state index in [9.17, 15) is 9.59 Å². The minimum Gasteiger partial charge on any atom is -0.466 e. The fraction of sp³-hybridized carbons (Fsp3) is 0.565. The van der Waals surface area contributed by atoms with Crippen molar-refractivity contribution in [3.8, 4) is 0 Å². The lowest BCUT2D eigenvalue weighted by molar-refractivity contribution is -0.163. The van der Waals surface area contributed by atoms with E-state index in [1.54, 1.807) is 0 Å². The molecule has 0 spiro atoms. The van der Waals surface area contributed by atoms with Gasteiger partial charge in [-0.15, -0.1) is 0 Å². The highest BCUT2D eigenvalue weighted by Gasteiger charge is 2.59. The van der Waals surface area contributed by atoms with E-state index in [-0.39, 0.29) is 41.6 Å². The van der Waals surface area contributed by atoms with E-state index >= 15 is 0 Å². The fourth-order valence-corrected chi connectivity index (χ4v) is 5.05. The molecule has 0 bridgehead atoms. The molecule has 5 atom stereocenters. The molecule has 4 heteroatoms. The Labute approximate surface area is 162 Å². The average molecular weight is 370 g/mol. The predicted molar refractivity (Wildman–Crippen MR) is 106 cm³/mol. The summed E-state index contributed by atoms with van der Waals surface area (Å²) in [6.07, 6.45) is 4.34. The first-order valence-electron chi connectivity index (χ1n) is 10.0. The second-order valence-electron chi connectivity index (χ2n) is 8.42. The number of nitrogens with zero attached hydrogens (tertiary/aromatic N) is 1. The van der Waals surface area contributed by atoms with Crippen LogP contribution in [-0.2, 0) is 9.53 Å². The van der Waals surface area contributed by atoms with Crippen LogP contribution in [0.3, 0.4) is 0 Å². The van der Waals surface area contributed by atoms with E-state index in [4.69, 9.17) is 4.74 Å². The first kappa shape index (κ1) is 19.7. The van der Waals surface area contributed by atoms with Crippen molar-refractivity contribution < 1.29 is 14.3 Å². The molecule has 1 aromatic rings. The quantitative estimate of drug-likeness (QED) is 0.591. The van der Waals surface area contributed by atoms with Crippen LogP contribution in [0.2, 0.25) is 0 Å². The van der Waals surface area contributed by atoms with Gasteiger partial charge < -0.3 is 9.64 Å². The summed E-state index contributed by atoms with van der Waals surface area (Å²) in [4.78, 5) is 28.3. The standard InChI is InChI=1S/C23H31NO3/c1-6-27-22(26)23(5)16(4)12-13-18-14-24(20(15(2)3)19(18)23)21(25)17-10-8-7-9-11-17/h7-13,15-16,18-20H,6,14H2,1-5H3/t16-,18-,19+,20-,23-/m0/s1. The molecular weight excluding hydrogens is 338 g/mol. The molecule has 0 aromatic heterocycles. The molecule has 4 nitrogen and oxygen atoms in total. The van der Waals surface area contributed by atoms with Crippen molar-refractivity contribution in [2.45, 2.75) is 40.7 Å². The third kappa shape index (κ3) is 3.19. The van der Waals surface area contributed by atoms with Crippen LogP contribution in [0.25, 0.3) is 0 Å². The van der Waals surface area contributed by atoms with Crippen LogP contribution in [0.5, 0.6) is 0 Å². The predicted octanol–water partition coefficient (Wildman–Crippen LogP) is 4.17. The Balaban J connectivity index is 2.02. The Morgan fingerprint density at radius 1 is 1.22 bits per heavy atom. The first-order chi connectivity index (χ1) is 12.8. The molecule has 1 saturated heterocycles. The molecule has 1 aliphatic carbocycles. The maximum Gasteiger partial charge on any atom is 0.312 e. The van der Waals surface area contributed by atoms with Gasteiger partial charge in [-0.25, -0.2) is 0 Å². The lowest BCUT2D eigenvalue weighted by Crippen LogP contribution is -2.52. The van der Waals surface area contributed by atoms with Crippen molar-refractivity contribution in [3.05, 3.63) is 48.0 Å². The Kier molecular flexibility index (Phi) is 5.45. The first-order valence-corrected chi connectivity index (χ1v) is 10.0. The zero-order valence-corrected chi connectivity index (χ0v) is 17.0. The Bertz CT molecular complexity index is 726. The fourth-order valence-electron chi connectivity index (χ4n) is 5.05. The minimum atomic E-state index is -0.629. The third-order valence-electron chi connectivity index (χ3n) is 6.56. The number of amides is 1. The average Bonchev–Trinajstić information content (AvgIpc) is 3.06. The molecule has 1 fully saturated rings. The van der Waals surface area contributed by atoms with Crippen LogP contribution in [0, 0.1) is 29.1 Å². The Morgan fingerprint density at radius 2 is 1.89 bits per heavy atom. The number of esters is 1. The van der Waals surface area contributed by atoms with Gasteiger partial charge in [0, 0.05) is 30.0 Å². The van der Waals surface area contributed by atoms with E-state index in [1.165, 1.54) is 0 Å². The zero-order valence-electron chi connectivity index (χ0n) is 17.0. The van der Waals surface area contributed by atoms with Gasteiger partial charge in [0.05, 0.1) is 12.0 Å². The molecule has 3 rings (SSSR count). The largest absolute Gasteiger partial charge is 0.466 e. The molecule has 146 valence electrons. The molecule has 0 radical (unpaired) electrons. The molecular formula is C23H31NO3. The van der Waals surface area contributed by atoms with Gasteiger partial charge in [0.15, 0.2) is 0 Å². The molecule has 1 amide bonds. The molecule has 0 unspecified atom stereocenters. The molecule has 1 aliphatic heterocycles. The molecule has 1 heterocycles. The van der Waals surface area contributed by atoms with E-state index in [1.807, 2.05) is 49.1 Å². The maximum atomic E-state index is 13.3. The van der Waals surface area contributed by atoms with E-state index in [0.717, 1.165) is 0 Å². The summed E-state index contributed by atoms with van der Waals surface area (Å²) >= 11 is 0. The highest BCUT2D eigenvalue weighted by Crippen LogP contribution is 2.53. The van der Waals surface area contributed by atoms with Crippen LogP contribution < -0.4 is 0 Å². The summed E-state index contributed by atoms with van der Waals surface area (Å²) < 4.78 is 5.50. The van der Waals surface area contributed by atoms with Crippen LogP contribution in [-0.4, -0.2) is 36.0 Å². The summed E-state index contributed by atoms with van der Waals surface area (Å²) in [6, 6.07) is 9.44. The van der Waals surface area contributed by atoms with Gasteiger partial charge >= 0.3 is 5.97 Å². The lowest BCUT2D eigenvalue weighted by Gasteiger charge is -2.46. The second-order valence-corrected chi connectivity index (χ2v) is 8.42. The monoisotopic (exact) mass is 369 g/mol. The number of carbonyl (C=O) groups is 2. The second kappa shape index (κ2) is 7.49. The van der Waals surface area contributed by atoms with Crippen molar-refractivity contribution in [2.75, 3.05) is 13.2 Å². The van der Waals surface area contributed by atoms with Crippen LogP contribution in [0.15, 0.2) is 42.5 Å². The van der Waals surface area contributed by atoms with Gasteiger partial charge in [0.2, 0.25) is 0 Å². The highest BCUT2D eigenvalue weighted by atomic mass is 16.5. The third-order valence-corrected chi connectivity index (χ3v) is 6.56. The number of carbonyl (C=O) groups excluding carboxylic acids is 2. The molecule has 27 heavy (non-hydrogen) atoms. The van der Waals surface area contributed by atoms with Gasteiger partial charge in [0.25, 0.3) is 5.91 Å². The van der Waals surface area contributed by atoms with Gasteiger partial charge in [-0.05, 0) is 37.8 Å². The number of fused-ring (bicyclic) bond motifs is 1. The van der Waals surface area contributed by atoms with Crippen molar-refractivity contribution in [1.29, 1.82) is 0 Å². The summed E-state index contributed by atoms with van der Waals surface area (Å²) in [5.74, 6) is 0.471. The Morgan fingerprint density at radius 3 is 2.48 bits per heavy atom. The molecule has 0 saturated carbocycles. The summed E-state index contributed by atoms with van der Waals surface area (Å²) in [7, 11) is 0. The van der Waals surface area contributed by atoms with Gasteiger partial charge in [-0.2, -0.15) is 0 Å². The summed E-state index contributed by atoms with van der Waals surface area (Å²) in [6.45, 7) is 11.3. The summed E-state index contributed by atoms with van der Waals surface area (Å²) in [5.41, 5.74) is 0.0764. The van der Waals surface area contributed by atoms with E-state index < -0.39 is 5.41 Å². The van der Waals surface area contributed by atoms with Crippen molar-refractivity contribution in [1.82, 2.24) is 4.90 Å². The smallest absolute Gasteiger partial charge is 0.312 e. The molecule has 0 N–H and O–H groups in total. The van der Waals surface area contributed by atoms with Crippen LogP contribution in [0.1, 0.15) is 45.0 Å². The SMILES string of the molecule is CCOC(=O)[C@]1(C)[C@@H]2[C@@H](C=C[C@@H]1C)CN(C(=O)c1ccccc1)[C@H]2C(C)C. The highest BCUT2D eigenvalue weighted by molar-refractivity contribution is 5.95. The zero-order chi connectivity index (χ0) is 19.8. The van der Waals surface area contributed by atoms with Crippen LogP contribution in [0.4, 0.5) is 0 Å². The topological polar surface area (TPSA) is 46.6 Å².